The number of nitrogens with one attached hydrogen (secondary N) is 1. The summed E-state index contributed by atoms with van der Waals surface area (Å²) in [5, 5.41) is 21.1. The van der Waals surface area contributed by atoms with Crippen molar-refractivity contribution in [2.75, 3.05) is 6.54 Å². The maximum Gasteiger partial charge on any atom is 0.216 e. The summed E-state index contributed by atoms with van der Waals surface area (Å²) in [5.74, 6) is 5.43. The molecular weight excluding hydrogens is 206 g/mol. The van der Waals surface area contributed by atoms with Crippen molar-refractivity contribution in [2.24, 2.45) is 0 Å². The molecule has 1 amide bonds. The highest BCUT2D eigenvalue weighted by Gasteiger charge is 1.97. The Morgan fingerprint density at radius 3 is 2.81 bits per heavy atom. The molecule has 1 rings (SSSR count). The molecule has 0 heterocycles. The number of hydrogen-bond acceptors (Lipinski definition) is 3. The van der Waals surface area contributed by atoms with Crippen LogP contribution >= 0.6 is 0 Å². The lowest BCUT2D eigenvalue weighted by Crippen LogP contribution is -2.20. The van der Waals surface area contributed by atoms with Crippen molar-refractivity contribution in [3.63, 3.8) is 0 Å². The Balaban J connectivity index is 2.53. The summed E-state index contributed by atoms with van der Waals surface area (Å²) in [6.07, 6.45) is 0.514. The summed E-state index contributed by atoms with van der Waals surface area (Å²) in [6, 6.07) is 4.23. The summed E-state index contributed by atoms with van der Waals surface area (Å²) in [4.78, 5) is 10.5. The Kier molecular flexibility index (Phi) is 4.22. The smallest absolute Gasteiger partial charge is 0.216 e. The Morgan fingerprint density at radius 1 is 1.44 bits per heavy atom. The Hall–Kier alpha value is -2.15. The molecule has 3 N–H and O–H groups in total. The molecule has 0 unspecified atom stereocenters. The standard InChI is InChI=1S/C12H13NO3/c1-9(14)13-7-3-2-4-10-5-6-11(15)8-12(10)16/h5-6,8,15-16H,3,7H2,1H3,(H,13,14). The molecule has 1 aromatic carbocycles. The van der Waals surface area contributed by atoms with Crippen molar-refractivity contribution in [1.29, 1.82) is 0 Å². The maximum absolute atomic E-state index is 10.5. The van der Waals surface area contributed by atoms with E-state index in [1.54, 1.807) is 0 Å². The van der Waals surface area contributed by atoms with Crippen molar-refractivity contribution in [2.45, 2.75) is 13.3 Å². The average molecular weight is 219 g/mol. The van der Waals surface area contributed by atoms with Gasteiger partial charge in [0, 0.05) is 26.0 Å². The second-order valence-corrected chi connectivity index (χ2v) is 3.24. The van der Waals surface area contributed by atoms with Gasteiger partial charge in [0.1, 0.15) is 11.5 Å². The van der Waals surface area contributed by atoms with Gasteiger partial charge in [0.2, 0.25) is 5.91 Å². The van der Waals surface area contributed by atoms with Crippen molar-refractivity contribution in [1.82, 2.24) is 5.32 Å². The fraction of sp³-hybridized carbons (Fsp3) is 0.250. The van der Waals surface area contributed by atoms with Gasteiger partial charge in [-0.25, -0.2) is 0 Å². The first-order chi connectivity index (χ1) is 7.59. The topological polar surface area (TPSA) is 69.6 Å². The number of carbonyl (C=O) groups is 1. The minimum absolute atomic E-state index is 0.00120. The number of carbonyl (C=O) groups excluding carboxylic acids is 1. The van der Waals surface area contributed by atoms with Crippen molar-refractivity contribution < 1.29 is 15.0 Å². The molecule has 84 valence electrons. The van der Waals surface area contributed by atoms with E-state index in [1.807, 2.05) is 0 Å². The zero-order chi connectivity index (χ0) is 12.0. The molecular formula is C12H13NO3. The van der Waals surface area contributed by atoms with Crippen molar-refractivity contribution in [3.8, 4) is 23.3 Å². The molecule has 4 heteroatoms. The molecule has 0 saturated carbocycles. The molecule has 0 fully saturated rings. The third kappa shape index (κ3) is 3.93. The van der Waals surface area contributed by atoms with Gasteiger partial charge in [-0.3, -0.25) is 4.79 Å². The van der Waals surface area contributed by atoms with Gasteiger partial charge in [0.05, 0.1) is 5.56 Å². The predicted octanol–water partition coefficient (Wildman–Crippen LogP) is 0.975. The van der Waals surface area contributed by atoms with Crippen LogP contribution in [0.5, 0.6) is 11.5 Å². The summed E-state index contributed by atoms with van der Waals surface area (Å²) in [6.45, 7) is 1.93. The lowest BCUT2D eigenvalue weighted by Gasteiger charge is -1.97. The van der Waals surface area contributed by atoms with Crippen LogP contribution < -0.4 is 5.32 Å². The maximum atomic E-state index is 10.5. The number of phenolic OH excluding ortho intramolecular Hbond substituents is 2. The number of rotatable bonds is 2. The Labute approximate surface area is 93.9 Å². The van der Waals surface area contributed by atoms with Gasteiger partial charge in [-0.1, -0.05) is 11.8 Å². The normalized spacial score (nSPS) is 9.06. The van der Waals surface area contributed by atoms with Crippen LogP contribution in [0.25, 0.3) is 0 Å². The van der Waals surface area contributed by atoms with Crippen molar-refractivity contribution >= 4 is 5.91 Å². The highest BCUT2D eigenvalue weighted by molar-refractivity contribution is 5.72. The van der Waals surface area contributed by atoms with E-state index in [-0.39, 0.29) is 17.4 Å². The Morgan fingerprint density at radius 2 is 2.19 bits per heavy atom. The molecule has 0 aliphatic rings. The predicted molar refractivity (Wildman–Crippen MR) is 60.0 cm³/mol. The first-order valence-electron chi connectivity index (χ1n) is 4.85. The molecule has 16 heavy (non-hydrogen) atoms. The molecule has 1 aromatic rings. The minimum Gasteiger partial charge on any atom is -0.508 e. The van der Waals surface area contributed by atoms with E-state index >= 15 is 0 Å². The van der Waals surface area contributed by atoms with Gasteiger partial charge in [-0.2, -0.15) is 0 Å². The van der Waals surface area contributed by atoms with Crippen molar-refractivity contribution in [3.05, 3.63) is 23.8 Å². The molecule has 0 spiro atoms. The van der Waals surface area contributed by atoms with Crippen LogP contribution in [-0.4, -0.2) is 22.7 Å². The number of phenols is 2. The number of hydrogen-bond donors (Lipinski definition) is 3. The van der Waals surface area contributed by atoms with Crippen LogP contribution in [0.2, 0.25) is 0 Å². The van der Waals surface area contributed by atoms with Gasteiger partial charge in [-0.05, 0) is 12.1 Å². The first-order valence-corrected chi connectivity index (χ1v) is 4.85. The summed E-state index contributed by atoms with van der Waals surface area (Å²) >= 11 is 0. The van der Waals surface area contributed by atoms with Crippen LogP contribution in [0.15, 0.2) is 18.2 Å². The molecule has 0 aromatic heterocycles. The number of aromatic hydroxyl groups is 2. The molecule has 0 aliphatic carbocycles. The molecule has 0 aliphatic heterocycles. The largest absolute Gasteiger partial charge is 0.508 e. The van der Waals surface area contributed by atoms with Gasteiger partial charge < -0.3 is 15.5 Å². The molecule has 0 radical (unpaired) electrons. The van der Waals surface area contributed by atoms with E-state index in [0.717, 1.165) is 0 Å². The molecule has 0 bridgehead atoms. The third-order valence-electron chi connectivity index (χ3n) is 1.83. The van der Waals surface area contributed by atoms with Crippen LogP contribution in [0.3, 0.4) is 0 Å². The highest BCUT2D eigenvalue weighted by Crippen LogP contribution is 2.21. The molecule has 0 atom stereocenters. The third-order valence-corrected chi connectivity index (χ3v) is 1.83. The van der Waals surface area contributed by atoms with Crippen LogP contribution in [0, 0.1) is 11.8 Å². The van der Waals surface area contributed by atoms with E-state index in [4.69, 9.17) is 5.11 Å². The second kappa shape index (κ2) is 5.66. The van der Waals surface area contributed by atoms with E-state index in [0.29, 0.717) is 18.5 Å². The quantitative estimate of drug-likeness (QED) is 0.513. The number of benzene rings is 1. The zero-order valence-corrected chi connectivity index (χ0v) is 8.95. The van der Waals surface area contributed by atoms with E-state index in [9.17, 15) is 9.90 Å². The fourth-order valence-corrected chi connectivity index (χ4v) is 1.08. The average Bonchev–Trinajstić information content (AvgIpc) is 2.20. The zero-order valence-electron chi connectivity index (χ0n) is 8.95. The van der Waals surface area contributed by atoms with E-state index in [2.05, 4.69) is 17.2 Å². The minimum atomic E-state index is -0.0886. The van der Waals surface area contributed by atoms with Crippen LogP contribution in [0.1, 0.15) is 18.9 Å². The summed E-state index contributed by atoms with van der Waals surface area (Å²) in [7, 11) is 0. The summed E-state index contributed by atoms with van der Waals surface area (Å²) < 4.78 is 0. The second-order valence-electron chi connectivity index (χ2n) is 3.24. The van der Waals surface area contributed by atoms with Crippen LogP contribution in [0.4, 0.5) is 0 Å². The fourth-order valence-electron chi connectivity index (χ4n) is 1.08. The lowest BCUT2D eigenvalue weighted by atomic mass is 10.2. The summed E-state index contributed by atoms with van der Waals surface area (Å²) in [5.41, 5.74) is 0.459. The highest BCUT2D eigenvalue weighted by atomic mass is 16.3. The van der Waals surface area contributed by atoms with Crippen LogP contribution in [-0.2, 0) is 4.79 Å². The van der Waals surface area contributed by atoms with Gasteiger partial charge in [0.25, 0.3) is 0 Å². The SMILES string of the molecule is CC(=O)NCCC#Cc1ccc(O)cc1O. The molecule has 0 saturated heterocycles. The van der Waals surface area contributed by atoms with E-state index < -0.39 is 0 Å². The van der Waals surface area contributed by atoms with Gasteiger partial charge >= 0.3 is 0 Å². The number of amides is 1. The van der Waals surface area contributed by atoms with Gasteiger partial charge in [-0.15, -0.1) is 0 Å². The van der Waals surface area contributed by atoms with Gasteiger partial charge in [0.15, 0.2) is 0 Å². The molecule has 4 nitrogen and oxygen atoms in total. The van der Waals surface area contributed by atoms with E-state index in [1.165, 1.54) is 25.1 Å². The Bertz CT molecular complexity index is 443. The first kappa shape index (κ1) is 11.9. The lowest BCUT2D eigenvalue weighted by molar-refractivity contribution is -0.118. The monoisotopic (exact) mass is 219 g/mol.